The lowest BCUT2D eigenvalue weighted by molar-refractivity contribution is -0.151. The molecule has 0 amide bonds. The van der Waals surface area contributed by atoms with E-state index < -0.39 is 11.0 Å². The van der Waals surface area contributed by atoms with Crippen LogP contribution in [0.2, 0.25) is 0 Å². The molecule has 1 aliphatic carbocycles. The molecule has 0 aromatic heterocycles. The summed E-state index contributed by atoms with van der Waals surface area (Å²) in [6, 6.07) is 11.7. The van der Waals surface area contributed by atoms with Crippen LogP contribution >= 0.6 is 0 Å². The Morgan fingerprint density at radius 1 is 1.50 bits per heavy atom. The average Bonchev–Trinajstić information content (AvgIpc) is 3.28. The summed E-state index contributed by atoms with van der Waals surface area (Å²) < 4.78 is 5.11. The number of hydrogen-bond acceptors (Lipinski definition) is 4. The van der Waals surface area contributed by atoms with E-state index in [1.54, 1.807) is 20.1 Å². The van der Waals surface area contributed by atoms with E-state index in [4.69, 9.17) is 4.74 Å². The van der Waals surface area contributed by atoms with Gasteiger partial charge >= 0.3 is 5.97 Å². The van der Waals surface area contributed by atoms with Crippen molar-refractivity contribution in [2.75, 3.05) is 6.61 Å². The molecule has 0 heterocycles. The summed E-state index contributed by atoms with van der Waals surface area (Å²) in [6.45, 7) is 3.80. The third-order valence-corrected chi connectivity index (χ3v) is 3.84. The molecule has 1 aromatic rings. The van der Waals surface area contributed by atoms with Crippen molar-refractivity contribution < 1.29 is 9.53 Å². The van der Waals surface area contributed by atoms with Crippen LogP contribution in [0.25, 0.3) is 0 Å². The molecule has 1 saturated carbocycles. The Bertz CT molecular complexity index is 556. The fourth-order valence-electron chi connectivity index (χ4n) is 2.29. The molecule has 0 bridgehead atoms. The third-order valence-electron chi connectivity index (χ3n) is 3.84. The lowest BCUT2D eigenvalue weighted by Gasteiger charge is -2.26. The standard InChI is InChI=1S/C16H18N2O2/c1-3-20-14(19)16(9-10-16)15(2,12-17)18-11-13-7-5-4-6-8-13/h4-8,11H,3,9-10H2,1-2H3. The third kappa shape index (κ3) is 2.44. The minimum absolute atomic E-state index is 0.311. The van der Waals surface area contributed by atoms with E-state index in [9.17, 15) is 10.1 Å². The molecule has 1 unspecified atom stereocenters. The Morgan fingerprint density at radius 2 is 2.15 bits per heavy atom. The smallest absolute Gasteiger partial charge is 0.315 e. The van der Waals surface area contributed by atoms with Gasteiger partial charge in [-0.3, -0.25) is 9.79 Å². The molecule has 1 atom stereocenters. The molecule has 1 fully saturated rings. The summed E-state index contributed by atoms with van der Waals surface area (Å²) in [4.78, 5) is 16.5. The first-order chi connectivity index (χ1) is 9.58. The van der Waals surface area contributed by atoms with Crippen molar-refractivity contribution in [2.45, 2.75) is 32.2 Å². The molecule has 0 saturated heterocycles. The van der Waals surface area contributed by atoms with Crippen molar-refractivity contribution >= 4 is 12.2 Å². The molecule has 2 rings (SSSR count). The Kier molecular flexibility index (Phi) is 3.89. The topological polar surface area (TPSA) is 62.5 Å². The molecule has 0 aliphatic heterocycles. The van der Waals surface area contributed by atoms with Crippen LogP contribution in [0.3, 0.4) is 0 Å². The number of ether oxygens (including phenoxy) is 1. The number of carbonyl (C=O) groups excluding carboxylic acids is 1. The average molecular weight is 270 g/mol. The van der Waals surface area contributed by atoms with Crippen LogP contribution in [-0.4, -0.2) is 24.3 Å². The van der Waals surface area contributed by atoms with Gasteiger partial charge in [0.05, 0.1) is 12.7 Å². The van der Waals surface area contributed by atoms with Gasteiger partial charge in [-0.15, -0.1) is 0 Å². The monoisotopic (exact) mass is 270 g/mol. The van der Waals surface area contributed by atoms with E-state index >= 15 is 0 Å². The van der Waals surface area contributed by atoms with E-state index in [0.29, 0.717) is 19.4 Å². The second-order valence-corrected chi connectivity index (χ2v) is 5.16. The molecular formula is C16H18N2O2. The fourth-order valence-corrected chi connectivity index (χ4v) is 2.29. The summed E-state index contributed by atoms with van der Waals surface area (Å²) >= 11 is 0. The normalized spacial score (nSPS) is 19.1. The summed E-state index contributed by atoms with van der Waals surface area (Å²) in [7, 11) is 0. The summed E-state index contributed by atoms with van der Waals surface area (Å²) in [5, 5.41) is 9.48. The first kappa shape index (κ1) is 14.3. The van der Waals surface area contributed by atoms with Crippen LogP contribution in [0, 0.1) is 16.7 Å². The predicted octanol–water partition coefficient (Wildman–Crippen LogP) is 2.73. The first-order valence-corrected chi connectivity index (χ1v) is 6.77. The van der Waals surface area contributed by atoms with Gasteiger partial charge < -0.3 is 4.74 Å². The molecule has 0 N–H and O–H groups in total. The van der Waals surface area contributed by atoms with E-state index in [2.05, 4.69) is 11.1 Å². The quantitative estimate of drug-likeness (QED) is 0.610. The number of rotatable bonds is 5. The maximum absolute atomic E-state index is 12.1. The lowest BCUT2D eigenvalue weighted by Crippen LogP contribution is -2.40. The van der Waals surface area contributed by atoms with Crippen LogP contribution in [0.5, 0.6) is 0 Å². The van der Waals surface area contributed by atoms with Crippen molar-refractivity contribution in [3.05, 3.63) is 35.9 Å². The van der Waals surface area contributed by atoms with Crippen LogP contribution in [-0.2, 0) is 9.53 Å². The van der Waals surface area contributed by atoms with E-state index in [0.717, 1.165) is 5.56 Å². The number of nitriles is 1. The number of carbonyl (C=O) groups is 1. The number of nitrogens with zero attached hydrogens (tertiary/aromatic N) is 2. The molecule has 4 nitrogen and oxygen atoms in total. The van der Waals surface area contributed by atoms with E-state index in [-0.39, 0.29) is 5.97 Å². The molecule has 20 heavy (non-hydrogen) atoms. The van der Waals surface area contributed by atoms with Gasteiger partial charge in [0.1, 0.15) is 5.41 Å². The second-order valence-electron chi connectivity index (χ2n) is 5.16. The molecule has 4 heteroatoms. The van der Waals surface area contributed by atoms with Crippen molar-refractivity contribution in [1.82, 2.24) is 0 Å². The second kappa shape index (κ2) is 5.46. The maximum Gasteiger partial charge on any atom is 0.315 e. The highest BCUT2D eigenvalue weighted by Crippen LogP contribution is 2.56. The first-order valence-electron chi connectivity index (χ1n) is 6.77. The lowest BCUT2D eigenvalue weighted by atomic mass is 9.84. The Balaban J connectivity index is 2.24. The van der Waals surface area contributed by atoms with Gasteiger partial charge in [0.15, 0.2) is 5.54 Å². The minimum Gasteiger partial charge on any atom is -0.465 e. The number of aliphatic imine (C=N–C) groups is 1. The van der Waals surface area contributed by atoms with Gasteiger partial charge in [0.2, 0.25) is 0 Å². The van der Waals surface area contributed by atoms with Crippen molar-refractivity contribution in [1.29, 1.82) is 5.26 Å². The molecule has 1 aliphatic rings. The number of esters is 1. The zero-order valence-electron chi connectivity index (χ0n) is 11.8. The zero-order chi connectivity index (χ0) is 14.6. The number of benzene rings is 1. The Hall–Kier alpha value is -2.15. The summed E-state index contributed by atoms with van der Waals surface area (Å²) in [5.41, 5.74) is -0.938. The SMILES string of the molecule is CCOC(=O)C1(C(C)(C#N)N=Cc2ccccc2)CC1. The maximum atomic E-state index is 12.1. The van der Waals surface area contributed by atoms with Gasteiger partial charge in [0, 0.05) is 6.21 Å². The largest absolute Gasteiger partial charge is 0.465 e. The highest BCUT2D eigenvalue weighted by molar-refractivity contribution is 5.85. The molecule has 0 radical (unpaired) electrons. The van der Waals surface area contributed by atoms with Crippen LogP contribution in [0.15, 0.2) is 35.3 Å². The zero-order valence-corrected chi connectivity index (χ0v) is 11.8. The van der Waals surface area contributed by atoms with Gasteiger partial charge in [-0.1, -0.05) is 30.3 Å². The molecule has 104 valence electrons. The summed E-state index contributed by atoms with van der Waals surface area (Å²) in [5.74, 6) is -0.311. The van der Waals surface area contributed by atoms with Gasteiger partial charge in [0.25, 0.3) is 0 Å². The minimum atomic E-state index is -1.07. The highest BCUT2D eigenvalue weighted by Gasteiger charge is 2.64. The van der Waals surface area contributed by atoms with Gasteiger partial charge in [-0.25, -0.2) is 0 Å². The Labute approximate surface area is 119 Å². The molecule has 1 aromatic carbocycles. The predicted molar refractivity (Wildman–Crippen MR) is 76.4 cm³/mol. The van der Waals surface area contributed by atoms with Crippen molar-refractivity contribution in [2.24, 2.45) is 10.4 Å². The van der Waals surface area contributed by atoms with E-state index in [1.165, 1.54) is 0 Å². The summed E-state index contributed by atoms with van der Waals surface area (Å²) in [6.07, 6.45) is 2.96. The highest BCUT2D eigenvalue weighted by atomic mass is 16.5. The van der Waals surface area contributed by atoms with Crippen molar-refractivity contribution in [3.8, 4) is 6.07 Å². The molecular weight excluding hydrogens is 252 g/mol. The van der Waals surface area contributed by atoms with Crippen LogP contribution in [0.4, 0.5) is 0 Å². The van der Waals surface area contributed by atoms with Gasteiger partial charge in [-0.05, 0) is 32.3 Å². The fraction of sp³-hybridized carbons (Fsp3) is 0.438. The van der Waals surface area contributed by atoms with Crippen LogP contribution < -0.4 is 0 Å². The van der Waals surface area contributed by atoms with Crippen LogP contribution in [0.1, 0.15) is 32.3 Å². The number of hydrogen-bond donors (Lipinski definition) is 0. The Morgan fingerprint density at radius 3 is 2.65 bits per heavy atom. The van der Waals surface area contributed by atoms with E-state index in [1.807, 2.05) is 30.3 Å². The molecule has 0 spiro atoms. The van der Waals surface area contributed by atoms with Crippen molar-refractivity contribution in [3.63, 3.8) is 0 Å². The van der Waals surface area contributed by atoms with Gasteiger partial charge in [-0.2, -0.15) is 5.26 Å².